The van der Waals surface area contributed by atoms with Crippen molar-refractivity contribution in [1.82, 2.24) is 19.9 Å². The molecule has 1 saturated heterocycles. The highest BCUT2D eigenvalue weighted by Crippen LogP contribution is 2.30. The number of nitrogens with zero attached hydrogens (tertiary/aromatic N) is 5. The van der Waals surface area contributed by atoms with Gasteiger partial charge in [0.15, 0.2) is 0 Å². The van der Waals surface area contributed by atoms with E-state index in [0.29, 0.717) is 46.4 Å². The molecule has 0 unspecified atom stereocenters. The third-order valence-electron chi connectivity index (χ3n) is 6.80. The first-order chi connectivity index (χ1) is 16.9. The molecule has 1 aromatic carbocycles. The molecule has 2 heterocycles. The van der Waals surface area contributed by atoms with Crippen LogP contribution in [-0.2, 0) is 4.79 Å². The van der Waals surface area contributed by atoms with Gasteiger partial charge in [-0.3, -0.25) is 4.79 Å². The summed E-state index contributed by atoms with van der Waals surface area (Å²) in [6.45, 7) is 3.47. The SMILES string of the molecule is CC(=O)Oc1ccc(Nc2nc(NC3CCCCCC3)nc(N(C)C3CCN(C)CC3)n2)cc1Cl. The molecule has 1 aliphatic heterocycles. The lowest BCUT2D eigenvalue weighted by molar-refractivity contribution is -0.131. The quantitative estimate of drug-likeness (QED) is 0.313. The Hall–Kier alpha value is -2.65. The van der Waals surface area contributed by atoms with Crippen LogP contribution in [0.1, 0.15) is 58.3 Å². The summed E-state index contributed by atoms with van der Waals surface area (Å²) >= 11 is 6.32. The van der Waals surface area contributed by atoms with Crippen LogP contribution in [0.15, 0.2) is 18.2 Å². The zero-order valence-corrected chi connectivity index (χ0v) is 21.6. The molecule has 0 atom stereocenters. The molecule has 2 aromatic rings. The van der Waals surface area contributed by atoms with Gasteiger partial charge in [0.1, 0.15) is 5.75 Å². The lowest BCUT2D eigenvalue weighted by Crippen LogP contribution is -2.42. The van der Waals surface area contributed by atoms with E-state index in [0.717, 1.165) is 38.8 Å². The molecule has 1 aromatic heterocycles. The van der Waals surface area contributed by atoms with Gasteiger partial charge in [0.25, 0.3) is 0 Å². The Balaban J connectivity index is 1.57. The number of aromatic nitrogens is 3. The predicted octanol–water partition coefficient (Wildman–Crippen LogP) is 4.86. The number of anilines is 4. The van der Waals surface area contributed by atoms with E-state index in [1.54, 1.807) is 18.2 Å². The summed E-state index contributed by atoms with van der Waals surface area (Å²) in [5.41, 5.74) is 0.699. The first-order valence-electron chi connectivity index (χ1n) is 12.6. The van der Waals surface area contributed by atoms with Crippen LogP contribution in [0.2, 0.25) is 5.02 Å². The van der Waals surface area contributed by atoms with E-state index in [4.69, 9.17) is 26.3 Å². The molecule has 35 heavy (non-hydrogen) atoms. The number of nitrogens with one attached hydrogen (secondary N) is 2. The van der Waals surface area contributed by atoms with Crippen molar-refractivity contribution in [3.8, 4) is 5.75 Å². The van der Waals surface area contributed by atoms with E-state index < -0.39 is 5.97 Å². The second-order valence-corrected chi connectivity index (χ2v) is 10.0. The summed E-state index contributed by atoms with van der Waals surface area (Å²) in [6.07, 6.45) is 9.42. The van der Waals surface area contributed by atoms with E-state index in [1.165, 1.54) is 32.6 Å². The first kappa shape index (κ1) is 25.4. The lowest BCUT2D eigenvalue weighted by atomic mass is 10.0. The molecule has 0 bridgehead atoms. The Morgan fingerprint density at radius 2 is 1.74 bits per heavy atom. The molecule has 9 nitrogen and oxygen atoms in total. The second kappa shape index (κ2) is 11.9. The number of hydrogen-bond acceptors (Lipinski definition) is 9. The average molecular weight is 502 g/mol. The van der Waals surface area contributed by atoms with Gasteiger partial charge < -0.3 is 25.2 Å². The smallest absolute Gasteiger partial charge is 0.308 e. The lowest BCUT2D eigenvalue weighted by Gasteiger charge is -2.35. The molecule has 0 amide bonds. The van der Waals surface area contributed by atoms with Gasteiger partial charge in [-0.25, -0.2) is 0 Å². The van der Waals surface area contributed by atoms with Gasteiger partial charge in [-0.05, 0) is 64.0 Å². The summed E-state index contributed by atoms with van der Waals surface area (Å²) in [4.78, 5) is 30.1. The standard InChI is InChI=1S/C25H36ClN7O2/c1-17(34)35-22-11-10-19(16-21(22)26)28-24-29-23(27-18-8-6-4-5-7-9-18)30-25(31-24)33(3)20-12-14-32(2)15-13-20/h10-11,16,18,20H,4-9,12-15H2,1-3H3,(H2,27,28,29,30,31). The summed E-state index contributed by atoms with van der Waals surface area (Å²) < 4.78 is 5.13. The van der Waals surface area contributed by atoms with Crippen LogP contribution in [0.4, 0.5) is 23.5 Å². The van der Waals surface area contributed by atoms with Crippen LogP contribution in [-0.4, -0.2) is 65.1 Å². The number of carbonyl (C=O) groups is 1. The highest BCUT2D eigenvalue weighted by atomic mass is 35.5. The Morgan fingerprint density at radius 1 is 1.06 bits per heavy atom. The first-order valence-corrected chi connectivity index (χ1v) is 12.9. The molecule has 4 rings (SSSR count). The summed E-state index contributed by atoms with van der Waals surface area (Å²) in [5, 5.41) is 7.17. The number of ether oxygens (including phenoxy) is 1. The fourth-order valence-electron chi connectivity index (χ4n) is 4.74. The van der Waals surface area contributed by atoms with Gasteiger partial charge in [0, 0.05) is 31.7 Å². The zero-order chi connectivity index (χ0) is 24.8. The maximum absolute atomic E-state index is 11.3. The summed E-state index contributed by atoms with van der Waals surface area (Å²) in [5.74, 6) is 1.59. The Kier molecular flexibility index (Phi) is 8.62. The van der Waals surface area contributed by atoms with Gasteiger partial charge in [0.2, 0.25) is 17.8 Å². The number of likely N-dealkylation sites (tertiary alicyclic amines) is 1. The molecule has 10 heteroatoms. The minimum atomic E-state index is -0.416. The maximum Gasteiger partial charge on any atom is 0.308 e. The molecule has 0 spiro atoms. The van der Waals surface area contributed by atoms with Crippen LogP contribution in [0.25, 0.3) is 0 Å². The monoisotopic (exact) mass is 501 g/mol. The van der Waals surface area contributed by atoms with Gasteiger partial charge in [0.05, 0.1) is 5.02 Å². The fourth-order valence-corrected chi connectivity index (χ4v) is 4.96. The molecule has 1 saturated carbocycles. The summed E-state index contributed by atoms with van der Waals surface area (Å²) in [7, 11) is 4.23. The van der Waals surface area contributed by atoms with E-state index >= 15 is 0 Å². The topological polar surface area (TPSA) is 95.5 Å². The molecule has 1 aliphatic carbocycles. The average Bonchev–Trinajstić information content (AvgIpc) is 3.09. The van der Waals surface area contributed by atoms with Crippen LogP contribution in [0.3, 0.4) is 0 Å². The Labute approximate surface area is 212 Å². The van der Waals surface area contributed by atoms with E-state index in [-0.39, 0.29) is 0 Å². The van der Waals surface area contributed by atoms with Crippen molar-refractivity contribution >= 4 is 41.1 Å². The largest absolute Gasteiger partial charge is 0.425 e. The van der Waals surface area contributed by atoms with Crippen LogP contribution in [0.5, 0.6) is 5.75 Å². The highest BCUT2D eigenvalue weighted by Gasteiger charge is 2.24. The van der Waals surface area contributed by atoms with Crippen molar-refractivity contribution in [3.05, 3.63) is 23.2 Å². The van der Waals surface area contributed by atoms with Gasteiger partial charge >= 0.3 is 5.97 Å². The zero-order valence-electron chi connectivity index (χ0n) is 20.9. The van der Waals surface area contributed by atoms with Gasteiger partial charge in [-0.15, -0.1) is 0 Å². The molecular weight excluding hydrogens is 466 g/mol. The van der Waals surface area contributed by atoms with E-state index in [2.05, 4.69) is 39.5 Å². The normalized spacial score (nSPS) is 18.1. The Bertz CT molecular complexity index is 1010. The van der Waals surface area contributed by atoms with Crippen molar-refractivity contribution in [3.63, 3.8) is 0 Å². The fraction of sp³-hybridized carbons (Fsp3) is 0.600. The molecule has 190 valence electrons. The number of piperidine rings is 1. The van der Waals surface area contributed by atoms with E-state index in [9.17, 15) is 4.79 Å². The third kappa shape index (κ3) is 7.18. The third-order valence-corrected chi connectivity index (χ3v) is 7.10. The summed E-state index contributed by atoms with van der Waals surface area (Å²) in [6, 6.07) is 5.88. The second-order valence-electron chi connectivity index (χ2n) is 9.62. The number of esters is 1. The number of hydrogen-bond donors (Lipinski definition) is 2. The molecule has 2 N–H and O–H groups in total. The minimum absolute atomic E-state index is 0.318. The number of carbonyl (C=O) groups excluding carboxylic acids is 1. The number of benzene rings is 1. The van der Waals surface area contributed by atoms with Crippen molar-refractivity contribution in [1.29, 1.82) is 0 Å². The predicted molar refractivity (Wildman–Crippen MR) is 140 cm³/mol. The van der Waals surface area contributed by atoms with Crippen molar-refractivity contribution in [2.24, 2.45) is 0 Å². The van der Waals surface area contributed by atoms with Crippen LogP contribution < -0.4 is 20.3 Å². The molecule has 0 radical (unpaired) electrons. The van der Waals surface area contributed by atoms with Gasteiger partial charge in [-0.1, -0.05) is 37.3 Å². The maximum atomic E-state index is 11.3. The number of halogens is 1. The van der Waals surface area contributed by atoms with Crippen molar-refractivity contribution in [2.75, 3.05) is 42.7 Å². The van der Waals surface area contributed by atoms with Crippen LogP contribution in [0, 0.1) is 0 Å². The molecular formula is C25H36ClN7O2. The highest BCUT2D eigenvalue weighted by molar-refractivity contribution is 6.32. The van der Waals surface area contributed by atoms with E-state index in [1.807, 2.05) is 0 Å². The minimum Gasteiger partial charge on any atom is -0.425 e. The molecule has 2 aliphatic rings. The van der Waals surface area contributed by atoms with Crippen molar-refractivity contribution in [2.45, 2.75) is 70.4 Å². The Morgan fingerprint density at radius 3 is 2.40 bits per heavy atom. The van der Waals surface area contributed by atoms with Crippen LogP contribution >= 0.6 is 11.6 Å². The van der Waals surface area contributed by atoms with Gasteiger partial charge in [-0.2, -0.15) is 15.0 Å². The molecule has 2 fully saturated rings. The van der Waals surface area contributed by atoms with Crippen molar-refractivity contribution < 1.29 is 9.53 Å². The number of rotatable bonds is 7.